The molecule has 8 heteroatoms. The van der Waals surface area contributed by atoms with Gasteiger partial charge in [0.2, 0.25) is 0 Å². The van der Waals surface area contributed by atoms with Crippen LogP contribution in [0.1, 0.15) is 0 Å². The minimum absolute atomic E-state index is 0.298. The predicted octanol–water partition coefficient (Wildman–Crippen LogP) is 5.05. The highest BCUT2D eigenvalue weighted by atomic mass is 19.4. The summed E-state index contributed by atoms with van der Waals surface area (Å²) in [4.78, 5) is 11.7. The number of esters is 1. The summed E-state index contributed by atoms with van der Waals surface area (Å²) < 4.78 is 60.1. The summed E-state index contributed by atoms with van der Waals surface area (Å²) in [6.45, 7) is -0.443. The van der Waals surface area contributed by atoms with E-state index in [1.54, 1.807) is 36.4 Å². The Balaban J connectivity index is 2.15. The first-order chi connectivity index (χ1) is 13.8. The van der Waals surface area contributed by atoms with Crippen LogP contribution in [0.3, 0.4) is 0 Å². The molecule has 154 valence electrons. The van der Waals surface area contributed by atoms with Gasteiger partial charge >= 0.3 is 12.1 Å². The lowest BCUT2D eigenvalue weighted by Gasteiger charge is -2.14. The van der Waals surface area contributed by atoms with Crippen molar-refractivity contribution in [1.29, 1.82) is 0 Å². The zero-order valence-corrected chi connectivity index (χ0v) is 15.7. The van der Waals surface area contributed by atoms with Crippen LogP contribution in [-0.2, 0) is 14.3 Å². The number of ether oxygens (including phenoxy) is 4. The van der Waals surface area contributed by atoms with Gasteiger partial charge in [-0.3, -0.25) is 0 Å². The maximum atomic E-state index is 13.4. The van der Waals surface area contributed by atoms with Crippen LogP contribution in [-0.4, -0.2) is 33.0 Å². The summed E-state index contributed by atoms with van der Waals surface area (Å²) in [5.41, 5.74) is -1.98. The van der Waals surface area contributed by atoms with Gasteiger partial charge in [0, 0.05) is 6.07 Å². The van der Waals surface area contributed by atoms with E-state index in [1.165, 1.54) is 0 Å². The molecule has 5 nitrogen and oxygen atoms in total. The van der Waals surface area contributed by atoms with Crippen molar-refractivity contribution in [3.8, 4) is 17.2 Å². The third-order valence-electron chi connectivity index (χ3n) is 3.56. The maximum Gasteiger partial charge on any atom is 0.417 e. The van der Waals surface area contributed by atoms with Crippen LogP contribution >= 0.6 is 0 Å². The van der Waals surface area contributed by atoms with E-state index in [1.807, 2.05) is 18.2 Å². The fraction of sp³-hybridized carbons (Fsp3) is 0.190. The molecule has 0 heterocycles. The van der Waals surface area contributed by atoms with Gasteiger partial charge in [-0.25, -0.2) is 4.79 Å². The summed E-state index contributed by atoms with van der Waals surface area (Å²) >= 11 is 0. The molecule has 0 aliphatic carbocycles. The monoisotopic (exact) mass is 408 g/mol. The number of carbonyl (C=O) groups is 1. The fourth-order valence-corrected chi connectivity index (χ4v) is 2.30. The van der Waals surface area contributed by atoms with Gasteiger partial charge in [0.05, 0.1) is 26.1 Å². The molecule has 0 fully saturated rings. The van der Waals surface area contributed by atoms with Crippen molar-refractivity contribution in [3.05, 3.63) is 78.1 Å². The van der Waals surface area contributed by atoms with Crippen LogP contribution in [0.4, 0.5) is 13.2 Å². The standard InChI is InChI=1S/C21H19F3O5/c1-26-14-18(20(25)27-2)19(21(22,23)24)11-12-28-16-9-6-10-17(13-16)29-15-7-4-3-5-8-15/h3-11,13-14H,12H2,1-2H3. The van der Waals surface area contributed by atoms with Crippen LogP contribution in [0, 0.1) is 0 Å². The van der Waals surface area contributed by atoms with E-state index >= 15 is 0 Å². The molecule has 0 N–H and O–H groups in total. The van der Waals surface area contributed by atoms with E-state index < -0.39 is 29.9 Å². The summed E-state index contributed by atoms with van der Waals surface area (Å²) in [5, 5.41) is 0. The minimum Gasteiger partial charge on any atom is -0.503 e. The largest absolute Gasteiger partial charge is 0.503 e. The van der Waals surface area contributed by atoms with Crippen LogP contribution in [0.5, 0.6) is 17.2 Å². The Bertz CT molecular complexity index is 873. The molecule has 0 bridgehead atoms. The lowest BCUT2D eigenvalue weighted by Crippen LogP contribution is -2.20. The lowest BCUT2D eigenvalue weighted by molar-refractivity contribution is -0.138. The molecule has 0 radical (unpaired) electrons. The van der Waals surface area contributed by atoms with Gasteiger partial charge in [-0.2, -0.15) is 13.2 Å². The lowest BCUT2D eigenvalue weighted by atomic mass is 10.1. The molecular formula is C21H19F3O5. The predicted molar refractivity (Wildman–Crippen MR) is 99.7 cm³/mol. The Hall–Kier alpha value is -3.42. The maximum absolute atomic E-state index is 13.4. The second-order valence-electron chi connectivity index (χ2n) is 5.58. The van der Waals surface area contributed by atoms with Gasteiger partial charge in [-0.05, 0) is 30.3 Å². The normalized spacial score (nSPS) is 12.3. The average Bonchev–Trinajstić information content (AvgIpc) is 2.69. The van der Waals surface area contributed by atoms with Gasteiger partial charge in [0.1, 0.15) is 29.4 Å². The molecule has 0 aliphatic heterocycles. The number of rotatable bonds is 8. The Morgan fingerprint density at radius 3 is 2.24 bits per heavy atom. The van der Waals surface area contributed by atoms with E-state index in [9.17, 15) is 18.0 Å². The second-order valence-corrected chi connectivity index (χ2v) is 5.58. The first kappa shape index (κ1) is 21.9. The molecular weight excluding hydrogens is 389 g/mol. The summed E-state index contributed by atoms with van der Waals surface area (Å²) in [6, 6.07) is 15.4. The zero-order chi connectivity index (χ0) is 21.3. The number of carbonyl (C=O) groups excluding carboxylic acids is 1. The highest BCUT2D eigenvalue weighted by Crippen LogP contribution is 2.32. The van der Waals surface area contributed by atoms with E-state index in [0.29, 0.717) is 23.5 Å². The number of para-hydroxylation sites is 1. The molecule has 0 aromatic heterocycles. The second kappa shape index (κ2) is 10.2. The highest BCUT2D eigenvalue weighted by molar-refractivity contribution is 5.93. The van der Waals surface area contributed by atoms with Crippen LogP contribution in [0.2, 0.25) is 0 Å². The van der Waals surface area contributed by atoms with Crippen molar-refractivity contribution in [2.45, 2.75) is 6.18 Å². The molecule has 2 aromatic rings. The number of hydrogen-bond acceptors (Lipinski definition) is 5. The Kier molecular flexibility index (Phi) is 7.70. The van der Waals surface area contributed by atoms with Gasteiger partial charge in [-0.1, -0.05) is 24.3 Å². The number of alkyl halides is 3. The number of methoxy groups -OCH3 is 2. The Morgan fingerprint density at radius 2 is 1.62 bits per heavy atom. The van der Waals surface area contributed by atoms with Gasteiger partial charge < -0.3 is 18.9 Å². The molecule has 0 unspecified atom stereocenters. The molecule has 0 spiro atoms. The molecule has 0 amide bonds. The Labute approximate surface area is 166 Å². The van der Waals surface area contributed by atoms with E-state index in [-0.39, 0.29) is 0 Å². The molecule has 29 heavy (non-hydrogen) atoms. The first-order valence-electron chi connectivity index (χ1n) is 8.40. The minimum atomic E-state index is -4.81. The van der Waals surface area contributed by atoms with Crippen molar-refractivity contribution < 1.29 is 36.9 Å². The smallest absolute Gasteiger partial charge is 0.417 e. The summed E-state index contributed by atoms with van der Waals surface area (Å²) in [7, 11) is 2.11. The Morgan fingerprint density at radius 1 is 0.966 bits per heavy atom. The molecule has 2 aromatic carbocycles. The topological polar surface area (TPSA) is 54.0 Å². The van der Waals surface area contributed by atoms with Gasteiger partial charge in [0.15, 0.2) is 0 Å². The third-order valence-corrected chi connectivity index (χ3v) is 3.56. The molecule has 0 aliphatic rings. The fourth-order valence-electron chi connectivity index (χ4n) is 2.30. The van der Waals surface area contributed by atoms with Crippen molar-refractivity contribution in [3.63, 3.8) is 0 Å². The molecule has 0 saturated carbocycles. The highest BCUT2D eigenvalue weighted by Gasteiger charge is 2.39. The SMILES string of the molecule is COC=C(C(=O)OC)C(=CCOc1cccc(Oc2ccccc2)c1)C(F)(F)F. The number of halogens is 3. The number of hydrogen-bond donors (Lipinski definition) is 0. The average molecular weight is 408 g/mol. The van der Waals surface area contributed by atoms with Crippen LogP contribution < -0.4 is 9.47 Å². The molecule has 2 rings (SSSR count). The molecule has 0 atom stereocenters. The van der Waals surface area contributed by atoms with Crippen LogP contribution in [0.15, 0.2) is 78.1 Å². The van der Waals surface area contributed by atoms with Gasteiger partial charge in [-0.15, -0.1) is 0 Å². The van der Waals surface area contributed by atoms with E-state index in [2.05, 4.69) is 9.47 Å². The third kappa shape index (κ3) is 6.60. The summed E-state index contributed by atoms with van der Waals surface area (Å²) in [5.74, 6) is 0.194. The van der Waals surface area contributed by atoms with Crippen molar-refractivity contribution >= 4 is 5.97 Å². The van der Waals surface area contributed by atoms with E-state index in [4.69, 9.17) is 9.47 Å². The van der Waals surface area contributed by atoms with Crippen molar-refractivity contribution in [2.24, 2.45) is 0 Å². The molecule has 0 saturated heterocycles. The van der Waals surface area contributed by atoms with E-state index in [0.717, 1.165) is 20.3 Å². The van der Waals surface area contributed by atoms with Crippen LogP contribution in [0.25, 0.3) is 0 Å². The quantitative estimate of drug-likeness (QED) is 0.265. The first-order valence-corrected chi connectivity index (χ1v) is 8.40. The zero-order valence-electron chi connectivity index (χ0n) is 15.7. The van der Waals surface area contributed by atoms with Crippen molar-refractivity contribution in [1.82, 2.24) is 0 Å². The number of benzene rings is 2. The van der Waals surface area contributed by atoms with Gasteiger partial charge in [0.25, 0.3) is 0 Å². The summed E-state index contributed by atoms with van der Waals surface area (Å²) in [6.07, 6.45) is -3.38. The van der Waals surface area contributed by atoms with Crippen molar-refractivity contribution in [2.75, 3.05) is 20.8 Å².